The fraction of sp³-hybridized carbons (Fsp3) is 0.0250. The number of rotatable bonds is 7. The molecule has 1 aromatic heterocycles. The molecule has 0 saturated carbocycles. The van der Waals surface area contributed by atoms with Crippen molar-refractivity contribution < 1.29 is 0 Å². The van der Waals surface area contributed by atoms with Crippen LogP contribution >= 0.6 is 0 Å². The minimum Gasteiger partial charge on any atom is -0.324 e. The largest absolute Gasteiger partial charge is 0.324 e. The van der Waals surface area contributed by atoms with E-state index in [1.807, 2.05) is 73.7 Å². The number of benzene rings is 6. The molecule has 5 nitrogen and oxygen atoms in total. The molecule has 6 aromatic carbocycles. The van der Waals surface area contributed by atoms with E-state index < -0.39 is 0 Å². The molecular formula is C40H31N5. The standard InChI is InChI=1S/C40H31N5/c1-2-37(45-41)29-21-17-27(18-22-29)33-25-26-34(36-16-10-9-15-35(33)36)28-19-23-32(24-20-28)40-43-38(30-11-5-3-6-12-30)42-39(44-40)31-13-7-4-8-14-31/h2-26,45H,41H2,1H3/b37-2-. The van der Waals surface area contributed by atoms with Gasteiger partial charge in [-0.25, -0.2) is 15.0 Å². The summed E-state index contributed by atoms with van der Waals surface area (Å²) in [6.45, 7) is 1.97. The molecule has 0 radical (unpaired) electrons. The van der Waals surface area contributed by atoms with Gasteiger partial charge in [-0.05, 0) is 45.5 Å². The molecule has 1 heterocycles. The van der Waals surface area contributed by atoms with Gasteiger partial charge >= 0.3 is 0 Å². The summed E-state index contributed by atoms with van der Waals surface area (Å²) < 4.78 is 0. The van der Waals surface area contributed by atoms with Gasteiger partial charge in [-0.2, -0.15) is 0 Å². The van der Waals surface area contributed by atoms with E-state index in [1.54, 1.807) is 0 Å². The van der Waals surface area contributed by atoms with Gasteiger partial charge in [-0.1, -0.05) is 152 Å². The van der Waals surface area contributed by atoms with Crippen molar-refractivity contribution in [1.29, 1.82) is 0 Å². The van der Waals surface area contributed by atoms with E-state index in [0.29, 0.717) is 17.5 Å². The smallest absolute Gasteiger partial charge is 0.164 e. The number of fused-ring (bicyclic) bond motifs is 1. The minimum absolute atomic E-state index is 0.642. The van der Waals surface area contributed by atoms with Gasteiger partial charge in [0.15, 0.2) is 17.5 Å². The Labute approximate surface area is 262 Å². The van der Waals surface area contributed by atoms with E-state index >= 15 is 0 Å². The second-order valence-corrected chi connectivity index (χ2v) is 10.7. The molecule has 0 amide bonds. The molecule has 0 fully saturated rings. The van der Waals surface area contributed by atoms with E-state index in [0.717, 1.165) is 39.1 Å². The van der Waals surface area contributed by atoms with Gasteiger partial charge in [0.05, 0.1) is 5.70 Å². The highest BCUT2D eigenvalue weighted by atomic mass is 15.2. The Morgan fingerprint density at radius 3 is 1.27 bits per heavy atom. The zero-order valence-corrected chi connectivity index (χ0v) is 24.9. The van der Waals surface area contributed by atoms with Crippen molar-refractivity contribution in [2.24, 2.45) is 5.84 Å². The number of hydrogen-bond donors (Lipinski definition) is 2. The number of allylic oxidation sites excluding steroid dienone is 1. The van der Waals surface area contributed by atoms with Gasteiger partial charge in [0.25, 0.3) is 0 Å². The van der Waals surface area contributed by atoms with E-state index in [-0.39, 0.29) is 0 Å². The molecule has 0 aliphatic heterocycles. The topological polar surface area (TPSA) is 76.7 Å². The lowest BCUT2D eigenvalue weighted by molar-refractivity contribution is 0.989. The molecule has 0 saturated heterocycles. The lowest BCUT2D eigenvalue weighted by Crippen LogP contribution is -2.19. The summed E-state index contributed by atoms with van der Waals surface area (Å²) in [5, 5.41) is 2.40. The predicted molar refractivity (Wildman–Crippen MR) is 185 cm³/mol. The Morgan fingerprint density at radius 2 is 0.844 bits per heavy atom. The summed E-state index contributed by atoms with van der Waals surface area (Å²) in [6.07, 6.45) is 1.97. The third-order valence-corrected chi connectivity index (χ3v) is 8.03. The zero-order valence-electron chi connectivity index (χ0n) is 24.9. The average molecular weight is 582 g/mol. The van der Waals surface area contributed by atoms with Crippen LogP contribution in [-0.2, 0) is 0 Å². The molecule has 0 aliphatic carbocycles. The Morgan fingerprint density at radius 1 is 0.467 bits per heavy atom. The van der Waals surface area contributed by atoms with Crippen molar-refractivity contribution in [3.8, 4) is 56.4 Å². The van der Waals surface area contributed by atoms with E-state index in [1.165, 1.54) is 21.9 Å². The van der Waals surface area contributed by atoms with Crippen LogP contribution in [0.4, 0.5) is 0 Å². The third kappa shape index (κ3) is 5.60. The van der Waals surface area contributed by atoms with Gasteiger partial charge < -0.3 is 5.43 Å². The van der Waals surface area contributed by atoms with Crippen molar-refractivity contribution in [3.63, 3.8) is 0 Å². The molecule has 216 valence electrons. The maximum absolute atomic E-state index is 5.69. The van der Waals surface area contributed by atoms with Gasteiger partial charge in [0.2, 0.25) is 0 Å². The van der Waals surface area contributed by atoms with Crippen LogP contribution in [0, 0.1) is 0 Å². The molecule has 0 bridgehead atoms. The Bertz CT molecular complexity index is 2060. The zero-order chi connectivity index (χ0) is 30.6. The van der Waals surface area contributed by atoms with Crippen LogP contribution in [0.25, 0.3) is 72.9 Å². The highest BCUT2D eigenvalue weighted by Crippen LogP contribution is 2.36. The van der Waals surface area contributed by atoms with Crippen LogP contribution in [0.2, 0.25) is 0 Å². The normalized spacial score (nSPS) is 11.5. The number of hydrogen-bond acceptors (Lipinski definition) is 5. The summed E-state index contributed by atoms with van der Waals surface area (Å²) in [5.41, 5.74) is 12.2. The average Bonchev–Trinajstić information content (AvgIpc) is 3.13. The molecule has 3 N–H and O–H groups in total. The fourth-order valence-electron chi connectivity index (χ4n) is 5.70. The van der Waals surface area contributed by atoms with Crippen molar-refractivity contribution in [2.45, 2.75) is 6.92 Å². The van der Waals surface area contributed by atoms with Gasteiger partial charge in [0.1, 0.15) is 0 Å². The SMILES string of the molecule is C/C=C(\NN)c1ccc(-c2ccc(-c3ccc(-c4nc(-c5ccccc5)nc(-c5ccccc5)n4)cc3)c3ccccc23)cc1. The monoisotopic (exact) mass is 581 g/mol. The lowest BCUT2D eigenvalue weighted by Gasteiger charge is -2.14. The third-order valence-electron chi connectivity index (χ3n) is 8.03. The van der Waals surface area contributed by atoms with Gasteiger partial charge in [-0.3, -0.25) is 5.84 Å². The molecule has 0 atom stereocenters. The number of hydrazine groups is 1. The summed E-state index contributed by atoms with van der Waals surface area (Å²) in [7, 11) is 0. The maximum atomic E-state index is 5.69. The highest BCUT2D eigenvalue weighted by molar-refractivity contribution is 6.05. The summed E-state index contributed by atoms with van der Waals surface area (Å²) in [6, 6.07) is 50.1. The highest BCUT2D eigenvalue weighted by Gasteiger charge is 2.14. The van der Waals surface area contributed by atoms with Gasteiger partial charge in [0, 0.05) is 16.7 Å². The first kappa shape index (κ1) is 27.9. The molecular weight excluding hydrogens is 550 g/mol. The number of aromatic nitrogens is 3. The first-order valence-electron chi connectivity index (χ1n) is 14.9. The van der Waals surface area contributed by atoms with Crippen LogP contribution in [0.1, 0.15) is 12.5 Å². The van der Waals surface area contributed by atoms with Crippen molar-refractivity contribution in [3.05, 3.63) is 157 Å². The maximum Gasteiger partial charge on any atom is 0.164 e. The number of nitrogens with zero attached hydrogens (tertiary/aromatic N) is 3. The lowest BCUT2D eigenvalue weighted by atomic mass is 9.91. The predicted octanol–water partition coefficient (Wildman–Crippen LogP) is 9.18. The van der Waals surface area contributed by atoms with E-state index in [9.17, 15) is 0 Å². The molecule has 45 heavy (non-hydrogen) atoms. The molecule has 0 aliphatic rings. The van der Waals surface area contributed by atoms with Crippen LogP contribution in [-0.4, -0.2) is 15.0 Å². The summed E-state index contributed by atoms with van der Waals surface area (Å²) >= 11 is 0. The first-order chi connectivity index (χ1) is 22.2. The number of nitrogens with one attached hydrogen (secondary N) is 1. The van der Waals surface area contributed by atoms with Crippen LogP contribution in [0.5, 0.6) is 0 Å². The summed E-state index contributed by atoms with van der Waals surface area (Å²) in [5.74, 6) is 7.63. The summed E-state index contributed by atoms with van der Waals surface area (Å²) in [4.78, 5) is 14.6. The van der Waals surface area contributed by atoms with Crippen molar-refractivity contribution in [2.75, 3.05) is 0 Å². The molecule has 7 rings (SSSR count). The molecule has 5 heteroatoms. The van der Waals surface area contributed by atoms with Crippen molar-refractivity contribution in [1.82, 2.24) is 20.4 Å². The molecule has 0 spiro atoms. The quantitative estimate of drug-likeness (QED) is 0.145. The Kier molecular flexibility index (Phi) is 7.67. The van der Waals surface area contributed by atoms with E-state index in [2.05, 4.69) is 90.4 Å². The Balaban J connectivity index is 1.26. The van der Waals surface area contributed by atoms with Crippen LogP contribution < -0.4 is 11.3 Å². The second-order valence-electron chi connectivity index (χ2n) is 10.7. The minimum atomic E-state index is 0.642. The first-order valence-corrected chi connectivity index (χ1v) is 14.9. The molecule has 0 unspecified atom stereocenters. The molecule has 7 aromatic rings. The number of nitrogens with two attached hydrogens (primary N) is 1. The Hall–Kier alpha value is -5.91. The van der Waals surface area contributed by atoms with Crippen LogP contribution in [0.3, 0.4) is 0 Å². The van der Waals surface area contributed by atoms with Crippen molar-refractivity contribution >= 4 is 16.5 Å². The van der Waals surface area contributed by atoms with Crippen LogP contribution in [0.15, 0.2) is 152 Å². The second kappa shape index (κ2) is 12.4. The fourth-order valence-corrected chi connectivity index (χ4v) is 5.70. The van der Waals surface area contributed by atoms with Gasteiger partial charge in [-0.15, -0.1) is 0 Å². The van der Waals surface area contributed by atoms with E-state index in [4.69, 9.17) is 20.8 Å².